The molecule has 0 aliphatic heterocycles. The minimum atomic E-state index is -0.554. The van der Waals surface area contributed by atoms with Gasteiger partial charge in [-0.15, -0.1) is 0 Å². The van der Waals surface area contributed by atoms with E-state index in [2.05, 4.69) is 10.6 Å². The van der Waals surface area contributed by atoms with Crippen LogP contribution in [0.3, 0.4) is 0 Å². The molecular formula is C16H14ClN3O4S. The van der Waals surface area contributed by atoms with Crippen molar-refractivity contribution in [3.63, 3.8) is 0 Å². The summed E-state index contributed by atoms with van der Waals surface area (Å²) in [5.41, 5.74) is 0.587. The van der Waals surface area contributed by atoms with Gasteiger partial charge in [0.1, 0.15) is 5.75 Å². The highest BCUT2D eigenvalue weighted by atomic mass is 35.5. The van der Waals surface area contributed by atoms with Crippen LogP contribution in [0.5, 0.6) is 5.75 Å². The van der Waals surface area contributed by atoms with Crippen LogP contribution in [0.4, 0.5) is 11.4 Å². The van der Waals surface area contributed by atoms with Gasteiger partial charge in [0.15, 0.2) is 5.11 Å². The summed E-state index contributed by atoms with van der Waals surface area (Å²) >= 11 is 11.0. The number of hydrogen-bond donors (Lipinski definition) is 2. The Morgan fingerprint density at radius 2 is 2.08 bits per heavy atom. The third-order valence-electron chi connectivity index (χ3n) is 3.05. The minimum Gasteiger partial charge on any atom is -0.494 e. The van der Waals surface area contributed by atoms with Crippen LogP contribution in [0.25, 0.3) is 0 Å². The van der Waals surface area contributed by atoms with Gasteiger partial charge in [-0.05, 0) is 43.4 Å². The van der Waals surface area contributed by atoms with Crippen LogP contribution in [0.2, 0.25) is 5.02 Å². The average Bonchev–Trinajstić information content (AvgIpc) is 2.57. The largest absolute Gasteiger partial charge is 0.494 e. The number of thiocarbonyl (C=S) groups is 1. The third kappa shape index (κ3) is 5.13. The maximum atomic E-state index is 12.2. The second-order valence-electron chi connectivity index (χ2n) is 4.79. The van der Waals surface area contributed by atoms with E-state index in [0.717, 1.165) is 0 Å². The second kappa shape index (κ2) is 8.41. The predicted octanol–water partition coefficient (Wildman–Crippen LogP) is 3.77. The molecule has 0 saturated heterocycles. The molecule has 0 atom stereocenters. The average molecular weight is 380 g/mol. The van der Waals surface area contributed by atoms with Crippen molar-refractivity contribution in [1.29, 1.82) is 0 Å². The van der Waals surface area contributed by atoms with Gasteiger partial charge in [-0.25, -0.2) is 0 Å². The molecule has 9 heteroatoms. The number of nitro benzene ring substituents is 1. The van der Waals surface area contributed by atoms with Crippen molar-refractivity contribution in [2.75, 3.05) is 11.9 Å². The van der Waals surface area contributed by atoms with Crippen LogP contribution in [0.1, 0.15) is 17.3 Å². The van der Waals surface area contributed by atoms with Gasteiger partial charge in [-0.2, -0.15) is 0 Å². The number of non-ortho nitro benzene ring substituents is 1. The summed E-state index contributed by atoms with van der Waals surface area (Å²) in [5, 5.41) is 16.1. The van der Waals surface area contributed by atoms with Crippen molar-refractivity contribution in [2.45, 2.75) is 6.92 Å². The van der Waals surface area contributed by atoms with Crippen LogP contribution < -0.4 is 15.4 Å². The molecule has 2 aromatic rings. The molecule has 0 aliphatic carbocycles. The number of ether oxygens (including phenoxy) is 1. The molecule has 130 valence electrons. The Kier molecular flexibility index (Phi) is 6.26. The van der Waals surface area contributed by atoms with Crippen molar-refractivity contribution in [3.05, 3.63) is 63.2 Å². The van der Waals surface area contributed by atoms with Crippen molar-refractivity contribution >= 4 is 46.2 Å². The van der Waals surface area contributed by atoms with E-state index in [1.54, 1.807) is 24.3 Å². The number of benzene rings is 2. The Morgan fingerprint density at radius 3 is 2.72 bits per heavy atom. The van der Waals surface area contributed by atoms with E-state index in [9.17, 15) is 14.9 Å². The highest BCUT2D eigenvalue weighted by Gasteiger charge is 2.12. The topological polar surface area (TPSA) is 93.5 Å². The Bertz CT molecular complexity index is 829. The number of carbonyl (C=O) groups excluding carboxylic acids is 1. The lowest BCUT2D eigenvalue weighted by Gasteiger charge is -2.11. The van der Waals surface area contributed by atoms with Crippen LogP contribution in [-0.2, 0) is 0 Å². The maximum Gasteiger partial charge on any atom is 0.271 e. The van der Waals surface area contributed by atoms with Gasteiger partial charge >= 0.3 is 0 Å². The number of nitrogens with one attached hydrogen (secondary N) is 2. The van der Waals surface area contributed by atoms with E-state index < -0.39 is 10.8 Å². The molecule has 0 saturated carbocycles. The molecule has 25 heavy (non-hydrogen) atoms. The van der Waals surface area contributed by atoms with Gasteiger partial charge < -0.3 is 10.1 Å². The normalized spacial score (nSPS) is 10.0. The molecule has 0 spiro atoms. The first-order chi connectivity index (χ1) is 11.9. The zero-order valence-electron chi connectivity index (χ0n) is 13.1. The van der Waals surface area contributed by atoms with Crippen molar-refractivity contribution in [1.82, 2.24) is 5.32 Å². The van der Waals surface area contributed by atoms with Gasteiger partial charge in [0.2, 0.25) is 0 Å². The third-order valence-corrected chi connectivity index (χ3v) is 3.56. The van der Waals surface area contributed by atoms with Gasteiger partial charge in [0.25, 0.3) is 11.6 Å². The summed E-state index contributed by atoms with van der Waals surface area (Å²) in [4.78, 5) is 22.4. The van der Waals surface area contributed by atoms with Gasteiger partial charge in [-0.3, -0.25) is 20.2 Å². The fourth-order valence-electron chi connectivity index (χ4n) is 1.94. The van der Waals surface area contributed by atoms with E-state index in [0.29, 0.717) is 23.6 Å². The highest BCUT2D eigenvalue weighted by Crippen LogP contribution is 2.26. The summed E-state index contributed by atoms with van der Waals surface area (Å²) in [6.07, 6.45) is 0. The quantitative estimate of drug-likeness (QED) is 0.466. The van der Waals surface area contributed by atoms with Crippen molar-refractivity contribution in [2.24, 2.45) is 0 Å². The Balaban J connectivity index is 2.03. The SMILES string of the molecule is CCOc1cccc(C(=O)NC(=S)Nc2ccc([N+](=O)[O-])cc2Cl)c1. The van der Waals surface area contributed by atoms with Crippen LogP contribution in [0, 0.1) is 10.1 Å². The minimum absolute atomic E-state index is 0.0163. The number of rotatable bonds is 5. The molecule has 0 fully saturated rings. The van der Waals surface area contributed by atoms with Gasteiger partial charge in [-0.1, -0.05) is 17.7 Å². The van der Waals surface area contributed by atoms with E-state index in [4.69, 9.17) is 28.6 Å². The summed E-state index contributed by atoms with van der Waals surface area (Å²) in [7, 11) is 0. The Morgan fingerprint density at radius 1 is 1.32 bits per heavy atom. The first-order valence-corrected chi connectivity index (χ1v) is 7.98. The molecule has 7 nitrogen and oxygen atoms in total. The summed E-state index contributed by atoms with van der Waals surface area (Å²) in [5.74, 6) is 0.157. The van der Waals surface area contributed by atoms with E-state index in [1.807, 2.05) is 6.92 Å². The zero-order valence-corrected chi connectivity index (χ0v) is 14.7. The van der Waals surface area contributed by atoms with Crippen molar-refractivity contribution in [3.8, 4) is 5.75 Å². The van der Waals surface area contributed by atoms with Crippen LogP contribution >= 0.6 is 23.8 Å². The molecule has 1 amide bonds. The fourth-order valence-corrected chi connectivity index (χ4v) is 2.37. The smallest absolute Gasteiger partial charge is 0.271 e. The number of carbonyl (C=O) groups is 1. The predicted molar refractivity (Wildman–Crippen MR) is 99.4 cm³/mol. The van der Waals surface area contributed by atoms with Gasteiger partial charge in [0, 0.05) is 17.7 Å². The molecule has 0 unspecified atom stereocenters. The van der Waals surface area contributed by atoms with Crippen LogP contribution in [0.15, 0.2) is 42.5 Å². The summed E-state index contributed by atoms with van der Waals surface area (Å²) < 4.78 is 5.34. The fraction of sp³-hybridized carbons (Fsp3) is 0.125. The molecule has 0 aromatic heterocycles. The lowest BCUT2D eigenvalue weighted by Crippen LogP contribution is -2.34. The summed E-state index contributed by atoms with van der Waals surface area (Å²) in [6.45, 7) is 2.34. The number of amides is 1. The maximum absolute atomic E-state index is 12.2. The Labute approximate surface area is 154 Å². The number of anilines is 1. The summed E-state index contributed by atoms with van der Waals surface area (Å²) in [6, 6.07) is 10.6. The standard InChI is InChI=1S/C16H14ClN3O4S/c1-2-24-12-5-3-4-10(8-12)15(21)19-16(25)18-14-7-6-11(20(22)23)9-13(14)17/h3-9H,2H2,1H3,(H2,18,19,21,25). The monoisotopic (exact) mass is 379 g/mol. The zero-order chi connectivity index (χ0) is 18.4. The van der Waals surface area contributed by atoms with E-state index in [1.165, 1.54) is 18.2 Å². The molecular weight excluding hydrogens is 366 g/mol. The molecule has 0 aliphatic rings. The number of halogens is 1. The highest BCUT2D eigenvalue weighted by molar-refractivity contribution is 7.80. The van der Waals surface area contributed by atoms with Gasteiger partial charge in [0.05, 0.1) is 22.2 Å². The van der Waals surface area contributed by atoms with E-state index in [-0.39, 0.29) is 15.8 Å². The molecule has 0 heterocycles. The molecule has 0 bridgehead atoms. The Hall–Kier alpha value is -2.71. The molecule has 2 aromatic carbocycles. The first-order valence-electron chi connectivity index (χ1n) is 7.20. The van der Waals surface area contributed by atoms with E-state index >= 15 is 0 Å². The second-order valence-corrected chi connectivity index (χ2v) is 5.61. The molecule has 2 rings (SSSR count). The molecule has 2 N–H and O–H groups in total. The number of nitrogens with zero attached hydrogens (tertiary/aromatic N) is 1. The van der Waals surface area contributed by atoms with Crippen molar-refractivity contribution < 1.29 is 14.5 Å². The van der Waals surface area contributed by atoms with Crippen LogP contribution in [-0.4, -0.2) is 22.5 Å². The number of hydrogen-bond acceptors (Lipinski definition) is 5. The lowest BCUT2D eigenvalue weighted by molar-refractivity contribution is -0.384. The first kappa shape index (κ1) is 18.6. The molecule has 0 radical (unpaired) electrons. The number of nitro groups is 1. The lowest BCUT2D eigenvalue weighted by atomic mass is 10.2.